The Morgan fingerprint density at radius 1 is 1.22 bits per heavy atom. The lowest BCUT2D eigenvalue weighted by atomic mass is 9.86. The number of aromatic hydroxyl groups is 1. The Balaban J connectivity index is 2.10. The molecule has 1 atom stereocenters. The summed E-state index contributed by atoms with van der Waals surface area (Å²) in [6.45, 7) is 6.91. The second-order valence-corrected chi connectivity index (χ2v) is 5.35. The van der Waals surface area contributed by atoms with Gasteiger partial charge in [-0.05, 0) is 62.4 Å². The van der Waals surface area contributed by atoms with Crippen LogP contribution in [0.25, 0.3) is 0 Å². The SMILES string of the molecule is CCCN(CCC)[C@H]1CCc2c(O)cccc2C1. The molecule has 0 saturated carbocycles. The summed E-state index contributed by atoms with van der Waals surface area (Å²) in [6.07, 6.45) is 5.76. The van der Waals surface area contributed by atoms with Crippen LogP contribution in [-0.2, 0) is 12.8 Å². The highest BCUT2D eigenvalue weighted by Gasteiger charge is 2.24. The van der Waals surface area contributed by atoms with Crippen LogP contribution in [0.5, 0.6) is 5.75 Å². The van der Waals surface area contributed by atoms with Crippen molar-refractivity contribution in [2.24, 2.45) is 0 Å². The zero-order chi connectivity index (χ0) is 13.0. The number of phenols is 1. The van der Waals surface area contributed by atoms with Gasteiger partial charge in [0.25, 0.3) is 0 Å². The van der Waals surface area contributed by atoms with Crippen LogP contribution in [0.4, 0.5) is 0 Å². The predicted molar refractivity (Wildman–Crippen MR) is 76.1 cm³/mol. The minimum absolute atomic E-state index is 0.489. The summed E-state index contributed by atoms with van der Waals surface area (Å²) in [5.41, 5.74) is 2.53. The summed E-state index contributed by atoms with van der Waals surface area (Å²) in [4.78, 5) is 2.63. The van der Waals surface area contributed by atoms with Gasteiger partial charge in [0.2, 0.25) is 0 Å². The highest BCUT2D eigenvalue weighted by atomic mass is 16.3. The van der Waals surface area contributed by atoms with E-state index < -0.39 is 0 Å². The molecule has 0 radical (unpaired) electrons. The fourth-order valence-corrected chi connectivity index (χ4v) is 3.13. The summed E-state index contributed by atoms with van der Waals surface area (Å²) in [6, 6.07) is 6.63. The quantitative estimate of drug-likeness (QED) is 0.862. The van der Waals surface area contributed by atoms with Gasteiger partial charge in [-0.25, -0.2) is 0 Å². The van der Waals surface area contributed by atoms with Crippen LogP contribution in [0.15, 0.2) is 18.2 Å². The molecule has 1 N–H and O–H groups in total. The normalized spacial score (nSPS) is 18.9. The molecule has 2 heteroatoms. The number of nitrogens with zero attached hydrogens (tertiary/aromatic N) is 1. The summed E-state index contributed by atoms with van der Waals surface area (Å²) in [5.74, 6) is 0.489. The molecule has 0 aromatic heterocycles. The van der Waals surface area contributed by atoms with Crippen LogP contribution in [0.1, 0.15) is 44.2 Å². The molecule has 0 bridgehead atoms. The minimum Gasteiger partial charge on any atom is -0.508 e. The first-order valence-corrected chi connectivity index (χ1v) is 7.30. The van der Waals surface area contributed by atoms with Gasteiger partial charge in [-0.2, -0.15) is 0 Å². The molecule has 1 aliphatic carbocycles. The molecule has 0 heterocycles. The smallest absolute Gasteiger partial charge is 0.119 e. The van der Waals surface area contributed by atoms with Crippen molar-refractivity contribution in [3.8, 4) is 5.75 Å². The second-order valence-electron chi connectivity index (χ2n) is 5.35. The lowest BCUT2D eigenvalue weighted by Crippen LogP contribution is -2.40. The maximum atomic E-state index is 9.87. The van der Waals surface area contributed by atoms with Gasteiger partial charge < -0.3 is 10.0 Å². The zero-order valence-electron chi connectivity index (χ0n) is 11.7. The van der Waals surface area contributed by atoms with E-state index in [1.807, 2.05) is 12.1 Å². The van der Waals surface area contributed by atoms with E-state index in [9.17, 15) is 5.11 Å². The molecule has 0 amide bonds. The largest absolute Gasteiger partial charge is 0.508 e. The molecule has 1 aromatic carbocycles. The number of benzene rings is 1. The molecule has 0 unspecified atom stereocenters. The minimum atomic E-state index is 0.489. The topological polar surface area (TPSA) is 23.5 Å². The average Bonchev–Trinajstić information content (AvgIpc) is 2.38. The first-order valence-electron chi connectivity index (χ1n) is 7.30. The van der Waals surface area contributed by atoms with E-state index in [-0.39, 0.29) is 0 Å². The van der Waals surface area contributed by atoms with E-state index >= 15 is 0 Å². The summed E-state index contributed by atoms with van der Waals surface area (Å²) in [5, 5.41) is 9.87. The number of rotatable bonds is 5. The number of phenolic OH excluding ortho intramolecular Hbond substituents is 1. The Bertz CT molecular complexity index is 383. The van der Waals surface area contributed by atoms with Crippen LogP contribution >= 0.6 is 0 Å². The summed E-state index contributed by atoms with van der Waals surface area (Å²) < 4.78 is 0. The molecule has 2 nitrogen and oxygen atoms in total. The van der Waals surface area contributed by atoms with Crippen LogP contribution in [0.3, 0.4) is 0 Å². The monoisotopic (exact) mass is 247 g/mol. The Kier molecular flexibility index (Phi) is 4.65. The molecule has 100 valence electrons. The van der Waals surface area contributed by atoms with Gasteiger partial charge in [-0.1, -0.05) is 26.0 Å². The van der Waals surface area contributed by atoms with Crippen molar-refractivity contribution in [3.63, 3.8) is 0 Å². The van der Waals surface area contributed by atoms with Gasteiger partial charge in [0.15, 0.2) is 0 Å². The Hall–Kier alpha value is -1.02. The van der Waals surface area contributed by atoms with Crippen molar-refractivity contribution < 1.29 is 5.11 Å². The van der Waals surface area contributed by atoms with Gasteiger partial charge in [0.05, 0.1) is 0 Å². The maximum absolute atomic E-state index is 9.87. The first-order chi connectivity index (χ1) is 8.76. The standard InChI is InChI=1S/C16H25NO/c1-3-10-17(11-4-2)14-8-9-15-13(12-14)6-5-7-16(15)18/h5-7,14,18H,3-4,8-12H2,1-2H3/t14-/m0/s1. The summed E-state index contributed by atoms with van der Waals surface area (Å²) >= 11 is 0. The average molecular weight is 247 g/mol. The van der Waals surface area contributed by atoms with Crippen molar-refractivity contribution in [2.45, 2.75) is 52.0 Å². The molecular formula is C16H25NO. The molecule has 0 aliphatic heterocycles. The molecule has 2 rings (SSSR count). The maximum Gasteiger partial charge on any atom is 0.119 e. The third-order valence-corrected chi connectivity index (χ3v) is 3.97. The molecule has 0 saturated heterocycles. The van der Waals surface area contributed by atoms with Crippen molar-refractivity contribution in [1.29, 1.82) is 0 Å². The van der Waals surface area contributed by atoms with Crippen LogP contribution < -0.4 is 0 Å². The molecule has 0 fully saturated rings. The second kappa shape index (κ2) is 6.24. The van der Waals surface area contributed by atoms with Crippen LogP contribution in [-0.4, -0.2) is 29.1 Å². The van der Waals surface area contributed by atoms with E-state index in [1.54, 1.807) is 0 Å². The molecule has 1 aromatic rings. The number of hydrogen-bond donors (Lipinski definition) is 1. The number of hydrogen-bond acceptors (Lipinski definition) is 2. The van der Waals surface area contributed by atoms with Gasteiger partial charge in [-0.3, -0.25) is 0 Å². The third kappa shape index (κ3) is 2.86. The predicted octanol–water partition coefficient (Wildman–Crippen LogP) is 3.37. The van der Waals surface area contributed by atoms with Crippen LogP contribution in [0.2, 0.25) is 0 Å². The van der Waals surface area contributed by atoms with Gasteiger partial charge >= 0.3 is 0 Å². The first kappa shape index (κ1) is 13.4. The lowest BCUT2D eigenvalue weighted by Gasteiger charge is -2.35. The molecule has 0 spiro atoms. The van der Waals surface area contributed by atoms with Gasteiger partial charge in [0.1, 0.15) is 5.75 Å². The van der Waals surface area contributed by atoms with E-state index in [1.165, 1.54) is 43.5 Å². The van der Waals surface area contributed by atoms with E-state index in [2.05, 4.69) is 24.8 Å². The van der Waals surface area contributed by atoms with Gasteiger partial charge in [-0.15, -0.1) is 0 Å². The van der Waals surface area contributed by atoms with Gasteiger partial charge in [0, 0.05) is 6.04 Å². The van der Waals surface area contributed by atoms with E-state index in [0.717, 1.165) is 12.8 Å². The lowest BCUT2D eigenvalue weighted by molar-refractivity contribution is 0.179. The van der Waals surface area contributed by atoms with Crippen molar-refractivity contribution in [3.05, 3.63) is 29.3 Å². The number of fused-ring (bicyclic) bond motifs is 1. The molecule has 1 aliphatic rings. The van der Waals surface area contributed by atoms with E-state index in [4.69, 9.17) is 0 Å². The van der Waals surface area contributed by atoms with Crippen molar-refractivity contribution in [1.82, 2.24) is 4.90 Å². The Morgan fingerprint density at radius 2 is 1.94 bits per heavy atom. The van der Waals surface area contributed by atoms with Crippen molar-refractivity contribution in [2.75, 3.05) is 13.1 Å². The van der Waals surface area contributed by atoms with Crippen molar-refractivity contribution >= 4 is 0 Å². The Morgan fingerprint density at radius 3 is 2.61 bits per heavy atom. The molecule has 18 heavy (non-hydrogen) atoms. The van der Waals surface area contributed by atoms with E-state index in [0.29, 0.717) is 11.8 Å². The highest BCUT2D eigenvalue weighted by Crippen LogP contribution is 2.30. The molecular weight excluding hydrogens is 222 g/mol. The summed E-state index contributed by atoms with van der Waals surface area (Å²) in [7, 11) is 0. The Labute approximate surface area is 111 Å². The zero-order valence-corrected chi connectivity index (χ0v) is 11.7. The third-order valence-electron chi connectivity index (χ3n) is 3.97. The fraction of sp³-hybridized carbons (Fsp3) is 0.625. The van der Waals surface area contributed by atoms with Crippen LogP contribution in [0, 0.1) is 0 Å². The fourth-order valence-electron chi connectivity index (χ4n) is 3.13. The highest BCUT2D eigenvalue weighted by molar-refractivity contribution is 5.41.